The number of carboxylic acids is 1. The molecule has 0 aliphatic rings. The quantitative estimate of drug-likeness (QED) is 0.793. The zero-order valence-corrected chi connectivity index (χ0v) is 8.74. The summed E-state index contributed by atoms with van der Waals surface area (Å²) in [5, 5.41) is 11.7. The molecular formula is C10H9N5O2. The van der Waals surface area contributed by atoms with Gasteiger partial charge in [0, 0.05) is 6.20 Å². The van der Waals surface area contributed by atoms with Crippen LogP contribution in [0, 0.1) is 0 Å². The minimum atomic E-state index is -1.11. The molecule has 0 spiro atoms. The molecule has 7 nitrogen and oxygen atoms in total. The number of aromatic nitrogens is 4. The third kappa shape index (κ3) is 2.94. The smallest absolute Gasteiger partial charge is 0.356 e. The van der Waals surface area contributed by atoms with E-state index in [1.807, 2.05) is 0 Å². The molecule has 0 unspecified atom stereocenters. The summed E-state index contributed by atoms with van der Waals surface area (Å²) in [4.78, 5) is 26.1. The molecule has 86 valence electrons. The van der Waals surface area contributed by atoms with Crippen molar-refractivity contribution in [3.8, 4) is 0 Å². The van der Waals surface area contributed by atoms with Crippen LogP contribution in [0.25, 0.3) is 0 Å². The zero-order chi connectivity index (χ0) is 12.1. The maximum Gasteiger partial charge on any atom is 0.356 e. The number of nitrogens with zero attached hydrogens (tertiary/aromatic N) is 4. The molecule has 0 amide bonds. The molecule has 0 radical (unpaired) electrons. The minimum Gasteiger partial charge on any atom is -0.476 e. The molecular weight excluding hydrogens is 222 g/mol. The Kier molecular flexibility index (Phi) is 3.20. The Labute approximate surface area is 96.6 Å². The summed E-state index contributed by atoms with van der Waals surface area (Å²) in [5.41, 5.74) is 0.681. The third-order valence-electron chi connectivity index (χ3n) is 1.95. The number of aromatic carboxylic acids is 1. The van der Waals surface area contributed by atoms with Gasteiger partial charge < -0.3 is 10.4 Å². The first kappa shape index (κ1) is 10.9. The zero-order valence-electron chi connectivity index (χ0n) is 8.74. The minimum absolute atomic E-state index is 0.0994. The Balaban J connectivity index is 2.04. The van der Waals surface area contributed by atoms with Gasteiger partial charge >= 0.3 is 5.97 Å². The van der Waals surface area contributed by atoms with Crippen LogP contribution in [0.5, 0.6) is 0 Å². The van der Waals surface area contributed by atoms with Gasteiger partial charge in [-0.15, -0.1) is 0 Å². The predicted octanol–water partition coefficient (Wildman–Crippen LogP) is 0.577. The summed E-state index contributed by atoms with van der Waals surface area (Å²) in [6.07, 6.45) is 5.71. The Morgan fingerprint density at radius 3 is 2.94 bits per heavy atom. The third-order valence-corrected chi connectivity index (χ3v) is 1.95. The Hall–Kier alpha value is -2.57. The topological polar surface area (TPSA) is 101 Å². The van der Waals surface area contributed by atoms with Crippen molar-refractivity contribution in [2.45, 2.75) is 6.54 Å². The maximum absolute atomic E-state index is 10.7. The SMILES string of the molecule is O=C(O)c1cncc(NCc2ccncn2)n1. The molecule has 2 rings (SSSR count). The highest BCUT2D eigenvalue weighted by molar-refractivity contribution is 5.85. The number of hydrogen-bond acceptors (Lipinski definition) is 6. The predicted molar refractivity (Wildman–Crippen MR) is 58.4 cm³/mol. The van der Waals surface area contributed by atoms with Gasteiger partial charge in [-0.3, -0.25) is 4.98 Å². The first-order chi connectivity index (χ1) is 8.25. The summed E-state index contributed by atoms with van der Waals surface area (Å²) < 4.78 is 0. The second kappa shape index (κ2) is 4.97. The monoisotopic (exact) mass is 231 g/mol. The van der Waals surface area contributed by atoms with Crippen molar-refractivity contribution in [1.29, 1.82) is 0 Å². The number of anilines is 1. The van der Waals surface area contributed by atoms with Crippen LogP contribution in [-0.2, 0) is 6.54 Å². The fraction of sp³-hybridized carbons (Fsp3) is 0.100. The lowest BCUT2D eigenvalue weighted by atomic mass is 10.4. The molecule has 0 bridgehead atoms. The summed E-state index contributed by atoms with van der Waals surface area (Å²) in [7, 11) is 0. The van der Waals surface area contributed by atoms with E-state index < -0.39 is 5.97 Å². The molecule has 7 heteroatoms. The van der Waals surface area contributed by atoms with Gasteiger partial charge in [-0.1, -0.05) is 0 Å². The second-order valence-electron chi connectivity index (χ2n) is 3.15. The first-order valence-electron chi connectivity index (χ1n) is 4.80. The van der Waals surface area contributed by atoms with Crippen LogP contribution in [0.2, 0.25) is 0 Å². The fourth-order valence-corrected chi connectivity index (χ4v) is 1.16. The Morgan fingerprint density at radius 2 is 2.24 bits per heavy atom. The molecule has 0 aliphatic heterocycles. The normalized spacial score (nSPS) is 9.88. The largest absolute Gasteiger partial charge is 0.476 e. The van der Waals surface area contributed by atoms with Gasteiger partial charge in [0.25, 0.3) is 0 Å². The Bertz CT molecular complexity index is 517. The summed E-state index contributed by atoms with van der Waals surface area (Å²) in [6, 6.07) is 1.75. The van der Waals surface area contributed by atoms with Crippen LogP contribution in [0.15, 0.2) is 31.0 Å². The van der Waals surface area contributed by atoms with Crippen molar-refractivity contribution in [3.63, 3.8) is 0 Å². The highest BCUT2D eigenvalue weighted by atomic mass is 16.4. The van der Waals surface area contributed by atoms with Gasteiger partial charge in [0.15, 0.2) is 5.69 Å². The standard InChI is InChI=1S/C10H9N5O2/c16-10(17)8-4-12-5-9(15-8)13-3-7-1-2-11-6-14-7/h1-2,4-6H,3H2,(H,13,15)(H,16,17). The van der Waals surface area contributed by atoms with E-state index in [1.165, 1.54) is 18.7 Å². The van der Waals surface area contributed by atoms with Gasteiger partial charge in [-0.05, 0) is 6.07 Å². The van der Waals surface area contributed by atoms with Crippen LogP contribution in [0.3, 0.4) is 0 Å². The van der Waals surface area contributed by atoms with E-state index in [0.29, 0.717) is 12.4 Å². The van der Waals surface area contributed by atoms with Crippen molar-refractivity contribution in [3.05, 3.63) is 42.4 Å². The first-order valence-corrected chi connectivity index (χ1v) is 4.80. The fourth-order valence-electron chi connectivity index (χ4n) is 1.16. The van der Waals surface area contributed by atoms with E-state index in [2.05, 4.69) is 25.3 Å². The van der Waals surface area contributed by atoms with Crippen LogP contribution >= 0.6 is 0 Å². The maximum atomic E-state index is 10.7. The molecule has 0 fully saturated rings. The lowest BCUT2D eigenvalue weighted by Gasteiger charge is -2.04. The number of carbonyl (C=O) groups is 1. The van der Waals surface area contributed by atoms with Crippen molar-refractivity contribution >= 4 is 11.8 Å². The van der Waals surface area contributed by atoms with Crippen molar-refractivity contribution < 1.29 is 9.90 Å². The molecule has 0 aliphatic carbocycles. The van der Waals surface area contributed by atoms with Crippen LogP contribution in [0.1, 0.15) is 16.2 Å². The number of carboxylic acid groups (broad SMARTS) is 1. The summed E-state index contributed by atoms with van der Waals surface area (Å²) >= 11 is 0. The molecule has 2 heterocycles. The number of nitrogens with one attached hydrogen (secondary N) is 1. The molecule has 2 N–H and O–H groups in total. The molecule has 0 atom stereocenters. The van der Waals surface area contributed by atoms with Crippen LogP contribution in [0.4, 0.5) is 5.82 Å². The van der Waals surface area contributed by atoms with E-state index in [4.69, 9.17) is 5.11 Å². The van der Waals surface area contributed by atoms with Crippen molar-refractivity contribution in [1.82, 2.24) is 19.9 Å². The average molecular weight is 231 g/mol. The summed E-state index contributed by atoms with van der Waals surface area (Å²) in [6.45, 7) is 0.431. The van der Waals surface area contributed by atoms with Crippen LogP contribution < -0.4 is 5.32 Å². The lowest BCUT2D eigenvalue weighted by Crippen LogP contribution is -2.07. The highest BCUT2D eigenvalue weighted by Crippen LogP contribution is 2.04. The van der Waals surface area contributed by atoms with Crippen LogP contribution in [-0.4, -0.2) is 31.0 Å². The second-order valence-corrected chi connectivity index (χ2v) is 3.15. The average Bonchev–Trinajstić information content (AvgIpc) is 2.38. The summed E-state index contributed by atoms with van der Waals surface area (Å²) in [5.74, 6) is -0.716. The molecule has 0 saturated heterocycles. The highest BCUT2D eigenvalue weighted by Gasteiger charge is 2.05. The lowest BCUT2D eigenvalue weighted by molar-refractivity contribution is 0.0690. The molecule has 0 saturated carbocycles. The molecule has 0 aromatic carbocycles. The van der Waals surface area contributed by atoms with E-state index >= 15 is 0 Å². The van der Waals surface area contributed by atoms with E-state index in [0.717, 1.165) is 5.69 Å². The van der Waals surface area contributed by atoms with Gasteiger partial charge in [0.2, 0.25) is 0 Å². The van der Waals surface area contributed by atoms with Gasteiger partial charge in [0.05, 0.1) is 24.6 Å². The van der Waals surface area contributed by atoms with E-state index in [-0.39, 0.29) is 5.69 Å². The molecule has 17 heavy (non-hydrogen) atoms. The Morgan fingerprint density at radius 1 is 1.35 bits per heavy atom. The molecule has 2 aromatic rings. The van der Waals surface area contributed by atoms with Crippen molar-refractivity contribution in [2.24, 2.45) is 0 Å². The van der Waals surface area contributed by atoms with Gasteiger partial charge in [-0.2, -0.15) is 0 Å². The number of rotatable bonds is 4. The van der Waals surface area contributed by atoms with Crippen molar-refractivity contribution in [2.75, 3.05) is 5.32 Å². The van der Waals surface area contributed by atoms with Gasteiger partial charge in [0.1, 0.15) is 12.1 Å². The van der Waals surface area contributed by atoms with E-state index in [9.17, 15) is 4.79 Å². The molecule has 2 aromatic heterocycles. The van der Waals surface area contributed by atoms with Gasteiger partial charge in [-0.25, -0.2) is 19.7 Å². The van der Waals surface area contributed by atoms with E-state index in [1.54, 1.807) is 12.3 Å². The number of hydrogen-bond donors (Lipinski definition) is 2.